The van der Waals surface area contributed by atoms with E-state index in [1.54, 1.807) is 11.3 Å². The molecule has 0 bridgehead atoms. The first-order valence-electron chi connectivity index (χ1n) is 7.46. The summed E-state index contributed by atoms with van der Waals surface area (Å²) in [5.74, 6) is -0.407. The molecule has 2 N–H and O–H groups in total. The number of amides is 1. The third-order valence-electron chi connectivity index (χ3n) is 4.20. The lowest BCUT2D eigenvalue weighted by Crippen LogP contribution is -2.57. The van der Waals surface area contributed by atoms with Crippen molar-refractivity contribution < 1.29 is 13.2 Å². The van der Waals surface area contributed by atoms with Crippen molar-refractivity contribution in [3.05, 3.63) is 16.1 Å². The average Bonchev–Trinajstić information content (AvgIpc) is 2.95. The van der Waals surface area contributed by atoms with Gasteiger partial charge < -0.3 is 10.6 Å². The van der Waals surface area contributed by atoms with E-state index in [0.717, 1.165) is 23.4 Å². The molecule has 0 aliphatic carbocycles. The number of aryl methyl sites for hydroxylation is 1. The summed E-state index contributed by atoms with van der Waals surface area (Å²) in [4.78, 5) is 17.1. The molecule has 8 heteroatoms. The van der Waals surface area contributed by atoms with Crippen LogP contribution >= 0.6 is 11.3 Å². The smallest absolute Gasteiger partial charge is 0.242 e. The Bertz CT molecular complexity index is 634. The van der Waals surface area contributed by atoms with E-state index in [0.29, 0.717) is 25.9 Å². The fourth-order valence-electron chi connectivity index (χ4n) is 2.69. The van der Waals surface area contributed by atoms with Gasteiger partial charge in [-0.15, -0.1) is 11.3 Å². The van der Waals surface area contributed by atoms with Crippen molar-refractivity contribution in [1.82, 2.24) is 15.6 Å². The zero-order valence-electron chi connectivity index (χ0n) is 13.2. The fourth-order valence-corrected chi connectivity index (χ4v) is 4.87. The summed E-state index contributed by atoms with van der Waals surface area (Å²) >= 11 is 1.55. The maximum atomic E-state index is 12.7. The lowest BCUT2D eigenvalue weighted by Gasteiger charge is -2.35. The molecule has 22 heavy (non-hydrogen) atoms. The Labute approximate surface area is 135 Å². The van der Waals surface area contributed by atoms with Crippen molar-refractivity contribution in [3.8, 4) is 0 Å². The highest BCUT2D eigenvalue weighted by atomic mass is 32.2. The van der Waals surface area contributed by atoms with Gasteiger partial charge in [0.25, 0.3) is 0 Å². The molecule has 1 aliphatic heterocycles. The van der Waals surface area contributed by atoms with Crippen LogP contribution in [0.2, 0.25) is 0 Å². The molecule has 2 heterocycles. The van der Waals surface area contributed by atoms with E-state index in [1.807, 2.05) is 19.2 Å². The minimum absolute atomic E-state index is 0.294. The quantitative estimate of drug-likeness (QED) is 0.833. The van der Waals surface area contributed by atoms with E-state index in [-0.39, 0.29) is 6.04 Å². The Kier molecular flexibility index (Phi) is 5.24. The Morgan fingerprint density at radius 1 is 1.50 bits per heavy atom. The molecule has 0 aromatic carbocycles. The molecule has 1 aromatic rings. The van der Waals surface area contributed by atoms with E-state index in [1.165, 1.54) is 0 Å². The molecule has 1 fully saturated rings. The summed E-state index contributed by atoms with van der Waals surface area (Å²) in [6.45, 7) is 4.93. The monoisotopic (exact) mass is 345 g/mol. The van der Waals surface area contributed by atoms with Crippen molar-refractivity contribution in [2.75, 3.05) is 19.3 Å². The van der Waals surface area contributed by atoms with Crippen molar-refractivity contribution >= 4 is 27.1 Å². The summed E-state index contributed by atoms with van der Waals surface area (Å²) in [6, 6.07) is -0.294. The Morgan fingerprint density at radius 3 is 2.64 bits per heavy atom. The molecule has 1 atom stereocenters. The number of hydrogen-bond acceptors (Lipinski definition) is 6. The summed E-state index contributed by atoms with van der Waals surface area (Å²) in [5, 5.41) is 8.88. The normalized spacial score (nSPS) is 19.6. The van der Waals surface area contributed by atoms with Crippen molar-refractivity contribution in [2.45, 2.75) is 43.9 Å². The molecule has 1 amide bonds. The molecular formula is C14H23N3O3S2. The number of thiazole rings is 1. The largest absolute Gasteiger partial charge is 0.347 e. The molecule has 0 spiro atoms. The molecule has 1 aliphatic rings. The zero-order chi connectivity index (χ0) is 16.4. The number of rotatable bonds is 5. The van der Waals surface area contributed by atoms with E-state index in [4.69, 9.17) is 0 Å². The standard InChI is InChI=1S/C14H23N3O3S2/c1-4-12-17-11(9-21-12)10(2)16-13(18)14(22(3,19)20)5-7-15-8-6-14/h9-10,15H,4-8H2,1-3H3,(H,16,18). The molecule has 0 saturated carbocycles. The second-order valence-corrected chi connectivity index (χ2v) is 9.00. The van der Waals surface area contributed by atoms with Crippen LogP contribution in [0, 0.1) is 0 Å². The number of piperidine rings is 1. The Hall–Kier alpha value is -0.990. The topological polar surface area (TPSA) is 88.2 Å². The second-order valence-electron chi connectivity index (χ2n) is 5.73. The minimum atomic E-state index is -3.48. The highest BCUT2D eigenvalue weighted by Gasteiger charge is 2.48. The molecule has 0 radical (unpaired) electrons. The highest BCUT2D eigenvalue weighted by Crippen LogP contribution is 2.29. The number of nitrogens with one attached hydrogen (secondary N) is 2. The van der Waals surface area contributed by atoms with Crippen molar-refractivity contribution in [1.29, 1.82) is 0 Å². The van der Waals surface area contributed by atoms with E-state index in [2.05, 4.69) is 15.6 Å². The average molecular weight is 345 g/mol. The van der Waals surface area contributed by atoms with Gasteiger partial charge in [0.15, 0.2) is 14.6 Å². The van der Waals surface area contributed by atoms with Gasteiger partial charge in [0.2, 0.25) is 5.91 Å². The van der Waals surface area contributed by atoms with Crippen LogP contribution in [-0.2, 0) is 21.1 Å². The van der Waals surface area contributed by atoms with Crippen LogP contribution in [0.25, 0.3) is 0 Å². The van der Waals surface area contributed by atoms with Gasteiger partial charge >= 0.3 is 0 Å². The molecule has 6 nitrogen and oxygen atoms in total. The van der Waals surface area contributed by atoms with E-state index >= 15 is 0 Å². The van der Waals surface area contributed by atoms with E-state index in [9.17, 15) is 13.2 Å². The SMILES string of the molecule is CCc1nc(C(C)NC(=O)C2(S(C)(=O)=O)CCNCC2)cs1. The van der Waals surface area contributed by atoms with Crippen LogP contribution in [0.5, 0.6) is 0 Å². The summed E-state index contributed by atoms with van der Waals surface area (Å²) in [6.07, 6.45) is 2.62. The zero-order valence-corrected chi connectivity index (χ0v) is 14.8. The Morgan fingerprint density at radius 2 is 2.14 bits per heavy atom. The first kappa shape index (κ1) is 17.4. The summed E-state index contributed by atoms with van der Waals surface area (Å²) in [7, 11) is -3.48. The van der Waals surface area contributed by atoms with Crippen LogP contribution in [0.4, 0.5) is 0 Å². The van der Waals surface area contributed by atoms with Crippen LogP contribution in [-0.4, -0.2) is 43.4 Å². The van der Waals surface area contributed by atoms with E-state index < -0.39 is 20.5 Å². The molecule has 2 rings (SSSR count). The van der Waals surface area contributed by atoms with Gasteiger partial charge in [-0.3, -0.25) is 4.79 Å². The summed E-state index contributed by atoms with van der Waals surface area (Å²) < 4.78 is 23.1. The second kappa shape index (κ2) is 6.64. The molecular weight excluding hydrogens is 322 g/mol. The summed E-state index contributed by atoms with van der Waals surface area (Å²) in [5.41, 5.74) is 0.785. The minimum Gasteiger partial charge on any atom is -0.347 e. The molecule has 1 unspecified atom stereocenters. The molecule has 1 aromatic heterocycles. The number of aromatic nitrogens is 1. The third-order valence-corrected chi connectivity index (χ3v) is 7.22. The first-order chi connectivity index (χ1) is 10.3. The number of hydrogen-bond donors (Lipinski definition) is 2. The lowest BCUT2D eigenvalue weighted by molar-refractivity contribution is -0.125. The molecule has 1 saturated heterocycles. The Balaban J connectivity index is 2.18. The van der Waals surface area contributed by atoms with Crippen LogP contribution < -0.4 is 10.6 Å². The fraction of sp³-hybridized carbons (Fsp3) is 0.714. The lowest BCUT2D eigenvalue weighted by atomic mass is 9.95. The maximum Gasteiger partial charge on any atom is 0.242 e. The van der Waals surface area contributed by atoms with Gasteiger partial charge in [-0.1, -0.05) is 6.92 Å². The predicted octanol–water partition coefficient (Wildman–Crippen LogP) is 1.05. The molecule has 124 valence electrons. The van der Waals surface area contributed by atoms with Gasteiger partial charge in [0.1, 0.15) is 0 Å². The van der Waals surface area contributed by atoms with Gasteiger partial charge in [-0.05, 0) is 39.3 Å². The van der Waals surface area contributed by atoms with Crippen LogP contribution in [0.15, 0.2) is 5.38 Å². The van der Waals surface area contributed by atoms with Crippen LogP contribution in [0.3, 0.4) is 0 Å². The predicted molar refractivity (Wildman–Crippen MR) is 87.7 cm³/mol. The number of carbonyl (C=O) groups excluding carboxylic acids is 1. The van der Waals surface area contributed by atoms with Crippen molar-refractivity contribution in [3.63, 3.8) is 0 Å². The maximum absolute atomic E-state index is 12.7. The first-order valence-corrected chi connectivity index (χ1v) is 10.2. The van der Waals surface area contributed by atoms with Gasteiger partial charge in [0, 0.05) is 11.6 Å². The number of nitrogens with zero attached hydrogens (tertiary/aromatic N) is 1. The number of carbonyl (C=O) groups is 1. The van der Waals surface area contributed by atoms with Crippen LogP contribution in [0.1, 0.15) is 43.4 Å². The number of sulfone groups is 1. The van der Waals surface area contributed by atoms with Gasteiger partial charge in [-0.25, -0.2) is 13.4 Å². The van der Waals surface area contributed by atoms with Gasteiger partial charge in [-0.2, -0.15) is 0 Å². The van der Waals surface area contributed by atoms with Gasteiger partial charge in [0.05, 0.1) is 16.7 Å². The highest BCUT2D eigenvalue weighted by molar-refractivity contribution is 7.92. The third kappa shape index (κ3) is 3.33. The van der Waals surface area contributed by atoms with Crippen molar-refractivity contribution in [2.24, 2.45) is 0 Å².